The number of benzene rings is 1. The van der Waals surface area contributed by atoms with Crippen LogP contribution in [0.15, 0.2) is 30.6 Å². The average molecular weight is 328 g/mol. The Morgan fingerprint density at radius 3 is 2.62 bits per heavy atom. The lowest BCUT2D eigenvalue weighted by molar-refractivity contribution is 0.199. The van der Waals surface area contributed by atoms with E-state index in [2.05, 4.69) is 15.3 Å². The lowest BCUT2D eigenvalue weighted by atomic mass is 10.3. The van der Waals surface area contributed by atoms with Gasteiger partial charge in [-0.2, -0.15) is 0 Å². The van der Waals surface area contributed by atoms with Gasteiger partial charge in [-0.15, -0.1) is 0 Å². The fourth-order valence-corrected chi connectivity index (χ4v) is 2.00. The molecule has 5 nitrogen and oxygen atoms in total. The minimum Gasteiger partial charge on any atom is -0.423 e. The molecular formula is C14H15Cl2N3O2. The second-order valence-corrected chi connectivity index (χ2v) is 5.06. The van der Waals surface area contributed by atoms with Crippen molar-refractivity contribution >= 4 is 23.2 Å². The summed E-state index contributed by atoms with van der Waals surface area (Å²) in [5.41, 5.74) is 0.959. The van der Waals surface area contributed by atoms with E-state index in [0.29, 0.717) is 28.9 Å². The number of aromatic nitrogens is 2. The van der Waals surface area contributed by atoms with Gasteiger partial charge in [-0.05, 0) is 18.2 Å². The molecule has 0 saturated heterocycles. The van der Waals surface area contributed by atoms with Crippen molar-refractivity contribution in [2.24, 2.45) is 0 Å². The summed E-state index contributed by atoms with van der Waals surface area (Å²) < 4.78 is 10.5. The first-order valence-corrected chi connectivity index (χ1v) is 7.08. The van der Waals surface area contributed by atoms with Gasteiger partial charge in [0, 0.05) is 43.2 Å². The molecule has 0 aliphatic rings. The van der Waals surface area contributed by atoms with E-state index in [0.717, 1.165) is 12.1 Å². The van der Waals surface area contributed by atoms with E-state index in [-0.39, 0.29) is 6.01 Å². The molecule has 0 amide bonds. The van der Waals surface area contributed by atoms with Crippen molar-refractivity contribution in [2.45, 2.75) is 6.54 Å². The van der Waals surface area contributed by atoms with Crippen molar-refractivity contribution in [1.29, 1.82) is 0 Å². The van der Waals surface area contributed by atoms with Crippen LogP contribution in [-0.4, -0.2) is 30.2 Å². The molecule has 7 heteroatoms. The molecule has 1 aromatic heterocycles. The van der Waals surface area contributed by atoms with Gasteiger partial charge in [0.2, 0.25) is 0 Å². The molecule has 0 saturated carbocycles. The minimum absolute atomic E-state index is 0.236. The summed E-state index contributed by atoms with van der Waals surface area (Å²) in [6, 6.07) is 5.21. The molecule has 1 heterocycles. The quantitative estimate of drug-likeness (QED) is 0.790. The smallest absolute Gasteiger partial charge is 0.321 e. The monoisotopic (exact) mass is 327 g/mol. The van der Waals surface area contributed by atoms with Crippen molar-refractivity contribution in [1.82, 2.24) is 15.3 Å². The second kappa shape index (κ2) is 8.14. The molecular weight excluding hydrogens is 313 g/mol. The maximum absolute atomic E-state index is 6.02. The van der Waals surface area contributed by atoms with Gasteiger partial charge in [0.05, 0.1) is 11.6 Å². The highest BCUT2D eigenvalue weighted by Crippen LogP contribution is 2.29. The lowest BCUT2D eigenvalue weighted by Gasteiger charge is -2.07. The van der Waals surface area contributed by atoms with Crippen molar-refractivity contribution < 1.29 is 9.47 Å². The largest absolute Gasteiger partial charge is 0.423 e. The van der Waals surface area contributed by atoms with E-state index in [9.17, 15) is 0 Å². The van der Waals surface area contributed by atoms with Gasteiger partial charge >= 0.3 is 6.01 Å². The highest BCUT2D eigenvalue weighted by Gasteiger charge is 2.06. The van der Waals surface area contributed by atoms with Crippen LogP contribution in [0.3, 0.4) is 0 Å². The Balaban J connectivity index is 1.92. The number of ether oxygens (including phenoxy) is 2. The van der Waals surface area contributed by atoms with Gasteiger partial charge in [-0.1, -0.05) is 23.2 Å². The van der Waals surface area contributed by atoms with Gasteiger partial charge in [0.25, 0.3) is 0 Å². The summed E-state index contributed by atoms with van der Waals surface area (Å²) in [6.45, 7) is 2.11. The first kappa shape index (κ1) is 16.0. The number of nitrogens with zero attached hydrogens (tertiary/aromatic N) is 2. The fourth-order valence-electron chi connectivity index (χ4n) is 1.55. The topological polar surface area (TPSA) is 56.3 Å². The van der Waals surface area contributed by atoms with E-state index in [4.69, 9.17) is 32.7 Å². The van der Waals surface area contributed by atoms with Crippen LogP contribution in [0.25, 0.3) is 0 Å². The van der Waals surface area contributed by atoms with E-state index in [1.807, 2.05) is 0 Å². The second-order valence-electron chi connectivity index (χ2n) is 4.22. The molecule has 0 aliphatic heterocycles. The average Bonchev–Trinajstić information content (AvgIpc) is 2.48. The lowest BCUT2D eigenvalue weighted by Crippen LogP contribution is -2.18. The molecule has 0 radical (unpaired) electrons. The van der Waals surface area contributed by atoms with Crippen LogP contribution < -0.4 is 10.1 Å². The Labute approximate surface area is 133 Å². The Kier molecular flexibility index (Phi) is 6.20. The van der Waals surface area contributed by atoms with Crippen molar-refractivity contribution in [3.05, 3.63) is 46.2 Å². The number of hydrogen-bond acceptors (Lipinski definition) is 5. The normalized spacial score (nSPS) is 10.6. The standard InChI is InChI=1S/C14H15Cl2N3O2/c1-20-5-4-17-7-10-8-18-14(19-9-10)21-13-3-2-11(15)6-12(13)16/h2-3,6,8-9,17H,4-5,7H2,1H3. The van der Waals surface area contributed by atoms with Gasteiger partial charge in [0.15, 0.2) is 0 Å². The molecule has 2 aromatic rings. The zero-order valence-electron chi connectivity index (χ0n) is 11.5. The molecule has 0 aliphatic carbocycles. The number of rotatable bonds is 7. The Bertz CT molecular complexity index is 579. The molecule has 0 bridgehead atoms. The summed E-state index contributed by atoms with van der Waals surface area (Å²) >= 11 is 11.8. The van der Waals surface area contributed by atoms with Gasteiger partial charge in [-0.25, -0.2) is 9.97 Å². The van der Waals surface area contributed by atoms with Crippen molar-refractivity contribution in [2.75, 3.05) is 20.3 Å². The Morgan fingerprint density at radius 2 is 1.95 bits per heavy atom. The number of nitrogens with one attached hydrogen (secondary N) is 1. The third kappa shape index (κ3) is 5.13. The molecule has 0 spiro atoms. The van der Waals surface area contributed by atoms with E-state index >= 15 is 0 Å². The predicted molar refractivity (Wildman–Crippen MR) is 82.2 cm³/mol. The third-order valence-electron chi connectivity index (χ3n) is 2.59. The molecule has 0 fully saturated rings. The minimum atomic E-state index is 0.236. The summed E-state index contributed by atoms with van der Waals surface area (Å²) in [4.78, 5) is 8.28. The summed E-state index contributed by atoms with van der Waals surface area (Å²) in [6.07, 6.45) is 3.40. The van der Waals surface area contributed by atoms with Crippen molar-refractivity contribution in [3.63, 3.8) is 0 Å². The van der Waals surface area contributed by atoms with Crippen LogP contribution in [0.4, 0.5) is 0 Å². The zero-order chi connectivity index (χ0) is 15.1. The molecule has 2 rings (SSSR count). The van der Waals surface area contributed by atoms with Crippen LogP contribution in [-0.2, 0) is 11.3 Å². The van der Waals surface area contributed by atoms with Crippen LogP contribution in [0.5, 0.6) is 11.8 Å². The van der Waals surface area contributed by atoms with E-state index in [1.165, 1.54) is 0 Å². The van der Waals surface area contributed by atoms with Crippen molar-refractivity contribution in [3.8, 4) is 11.8 Å². The van der Waals surface area contributed by atoms with E-state index in [1.54, 1.807) is 37.7 Å². The molecule has 1 aromatic carbocycles. The first-order valence-electron chi connectivity index (χ1n) is 6.32. The van der Waals surface area contributed by atoms with Crippen LogP contribution in [0, 0.1) is 0 Å². The van der Waals surface area contributed by atoms with Crippen LogP contribution >= 0.6 is 23.2 Å². The summed E-state index contributed by atoms with van der Waals surface area (Å²) in [7, 11) is 1.67. The number of methoxy groups -OCH3 is 1. The van der Waals surface area contributed by atoms with Gasteiger partial charge in [-0.3, -0.25) is 0 Å². The van der Waals surface area contributed by atoms with Crippen LogP contribution in [0.2, 0.25) is 10.0 Å². The molecule has 0 atom stereocenters. The Hall–Kier alpha value is -1.40. The molecule has 1 N–H and O–H groups in total. The van der Waals surface area contributed by atoms with E-state index < -0.39 is 0 Å². The maximum atomic E-state index is 6.02. The van der Waals surface area contributed by atoms with Crippen LogP contribution in [0.1, 0.15) is 5.56 Å². The highest BCUT2D eigenvalue weighted by molar-refractivity contribution is 6.35. The van der Waals surface area contributed by atoms with Gasteiger partial charge < -0.3 is 14.8 Å². The molecule has 21 heavy (non-hydrogen) atoms. The molecule has 0 unspecified atom stereocenters. The maximum Gasteiger partial charge on any atom is 0.321 e. The predicted octanol–water partition coefficient (Wildman–Crippen LogP) is 3.31. The summed E-state index contributed by atoms with van der Waals surface area (Å²) in [5, 5.41) is 4.17. The number of halogens is 2. The SMILES string of the molecule is COCCNCc1cnc(Oc2ccc(Cl)cc2Cl)nc1. The van der Waals surface area contributed by atoms with Gasteiger partial charge in [0.1, 0.15) is 5.75 Å². The first-order chi connectivity index (χ1) is 10.2. The highest BCUT2D eigenvalue weighted by atomic mass is 35.5. The zero-order valence-corrected chi connectivity index (χ0v) is 13.0. The fraction of sp³-hybridized carbons (Fsp3) is 0.286. The molecule has 112 valence electrons. The third-order valence-corrected chi connectivity index (χ3v) is 3.12. The Morgan fingerprint density at radius 1 is 1.19 bits per heavy atom. The summed E-state index contributed by atoms with van der Waals surface area (Å²) in [5.74, 6) is 0.465. The number of hydrogen-bond donors (Lipinski definition) is 1.